The zero-order valence-corrected chi connectivity index (χ0v) is 44.1. The molecular weight excluding hydrogens is 909 g/mol. The molecule has 0 N–H and O–H groups in total. The third kappa shape index (κ3) is 7.46. The van der Waals surface area contributed by atoms with Gasteiger partial charge in [-0.3, -0.25) is 0 Å². The Balaban J connectivity index is 1.15. The summed E-state index contributed by atoms with van der Waals surface area (Å²) in [6.07, 6.45) is 0. The number of hydrogen-bond donors (Lipinski definition) is 0. The van der Waals surface area contributed by atoms with Gasteiger partial charge in [0, 0.05) is 34.1 Å². The number of fused-ring (bicyclic) bond motifs is 14. The summed E-state index contributed by atoms with van der Waals surface area (Å²) in [4.78, 5) is 8.43. The van der Waals surface area contributed by atoms with Crippen LogP contribution < -0.4 is 9.80 Å². The predicted molar refractivity (Wildman–Crippen MR) is 314 cm³/mol. The first-order valence-corrected chi connectivity index (χ1v) is 26.6. The van der Waals surface area contributed by atoms with Crippen molar-refractivity contribution in [1.29, 1.82) is 5.26 Å². The van der Waals surface area contributed by atoms with Gasteiger partial charge in [-0.15, -0.1) is 0 Å². The molecular formula is C71H60N4. The molecule has 0 bridgehead atoms. The maximum Gasteiger partial charge on any atom is 0.187 e. The summed E-state index contributed by atoms with van der Waals surface area (Å²) in [6, 6.07) is 74.0. The third-order valence-electron chi connectivity index (χ3n) is 16.2. The first kappa shape index (κ1) is 47.3. The van der Waals surface area contributed by atoms with Crippen LogP contribution >= 0.6 is 0 Å². The second kappa shape index (κ2) is 18.3. The molecule has 0 fully saturated rings. The fraction of sp³-hybridized carbons (Fsp3) is 0.183. The highest BCUT2D eigenvalue weighted by molar-refractivity contribution is 6.11. The van der Waals surface area contributed by atoms with Gasteiger partial charge in [-0.1, -0.05) is 152 Å². The van der Waals surface area contributed by atoms with Crippen molar-refractivity contribution >= 4 is 61.4 Å². The molecule has 0 amide bonds. The summed E-state index contributed by atoms with van der Waals surface area (Å²) in [5.41, 5.74) is 22.6. The van der Waals surface area contributed by atoms with E-state index >= 15 is 0 Å². The van der Waals surface area contributed by atoms with Gasteiger partial charge in [-0.2, -0.15) is 5.26 Å². The monoisotopic (exact) mass is 968 g/mol. The molecule has 0 unspecified atom stereocenters. The molecule has 0 saturated heterocycles. The van der Waals surface area contributed by atoms with E-state index < -0.39 is 5.41 Å². The Morgan fingerprint density at radius 1 is 0.400 bits per heavy atom. The van der Waals surface area contributed by atoms with Crippen molar-refractivity contribution in [3.05, 3.63) is 256 Å². The average Bonchev–Trinajstić information content (AvgIpc) is 3.91. The molecule has 0 heterocycles. The van der Waals surface area contributed by atoms with Crippen LogP contribution in [0.4, 0.5) is 39.8 Å². The van der Waals surface area contributed by atoms with Crippen LogP contribution in [0.5, 0.6) is 0 Å². The Morgan fingerprint density at radius 3 is 1.15 bits per heavy atom. The highest BCUT2D eigenvalue weighted by Crippen LogP contribution is 2.66. The smallest absolute Gasteiger partial charge is 0.187 e. The van der Waals surface area contributed by atoms with Crippen molar-refractivity contribution in [3.63, 3.8) is 0 Å². The van der Waals surface area contributed by atoms with Crippen LogP contribution in [0.15, 0.2) is 194 Å². The molecule has 0 atom stereocenters. The molecule has 1 spiro atoms. The van der Waals surface area contributed by atoms with Gasteiger partial charge in [0.1, 0.15) is 0 Å². The minimum atomic E-state index is -0.635. The zero-order chi connectivity index (χ0) is 51.9. The van der Waals surface area contributed by atoms with Crippen LogP contribution in [0.25, 0.3) is 48.6 Å². The van der Waals surface area contributed by atoms with E-state index in [9.17, 15) is 5.26 Å². The first-order valence-electron chi connectivity index (χ1n) is 26.6. The van der Waals surface area contributed by atoms with Crippen LogP contribution in [0.2, 0.25) is 0 Å². The fourth-order valence-electron chi connectivity index (χ4n) is 12.5. The summed E-state index contributed by atoms with van der Waals surface area (Å²) in [6.45, 7) is 26.0. The lowest BCUT2D eigenvalue weighted by atomic mass is 9.67. The molecule has 10 aromatic carbocycles. The molecule has 4 nitrogen and oxygen atoms in total. The van der Waals surface area contributed by atoms with Gasteiger partial charge in [-0.05, 0) is 209 Å². The standard InChI is InChI=1S/C71H60N4/c1-43(2)48-20-28-52(29-21-48)74(51-26-18-47(42-72)19-27-51)55-34-36-59-63(38-55)61(45(5)6)40-65-66-41-62(46(7)8)64-39-56(75(54-32-24-50(73-9)25-33-54)53-30-22-49(23-31-53)44(3)4)35-37-60(64)70(66)71(69(59)65)67-16-12-10-14-57(67)58-15-11-13-17-68(58)71/h10-41,43-46H,1-8H3. The number of nitriles is 1. The molecule has 0 radical (unpaired) electrons. The summed E-state index contributed by atoms with van der Waals surface area (Å²) >= 11 is 0. The molecule has 0 aromatic heterocycles. The lowest BCUT2D eigenvalue weighted by Crippen LogP contribution is -2.27. The lowest BCUT2D eigenvalue weighted by molar-refractivity contribution is 0.806. The Morgan fingerprint density at radius 2 is 0.773 bits per heavy atom. The summed E-state index contributed by atoms with van der Waals surface area (Å²) < 4.78 is 0. The third-order valence-corrected chi connectivity index (χ3v) is 16.2. The second-order valence-electron chi connectivity index (χ2n) is 21.8. The number of benzene rings is 10. The van der Waals surface area contributed by atoms with Crippen molar-refractivity contribution in [3.8, 4) is 28.3 Å². The van der Waals surface area contributed by atoms with Crippen molar-refractivity contribution in [2.45, 2.75) is 84.5 Å². The van der Waals surface area contributed by atoms with Gasteiger partial charge in [0.2, 0.25) is 0 Å². The van der Waals surface area contributed by atoms with Gasteiger partial charge in [0.05, 0.1) is 23.6 Å². The maximum atomic E-state index is 9.82. The zero-order valence-electron chi connectivity index (χ0n) is 44.1. The second-order valence-corrected chi connectivity index (χ2v) is 21.8. The summed E-state index contributed by atoms with van der Waals surface area (Å²) in [5.74, 6) is 1.27. The van der Waals surface area contributed by atoms with Crippen LogP contribution in [-0.2, 0) is 5.41 Å². The number of hydrogen-bond acceptors (Lipinski definition) is 3. The van der Waals surface area contributed by atoms with Gasteiger partial charge in [0.25, 0.3) is 0 Å². The molecule has 10 aromatic rings. The van der Waals surface area contributed by atoms with E-state index in [0.29, 0.717) is 23.1 Å². The van der Waals surface area contributed by atoms with Gasteiger partial charge >= 0.3 is 0 Å². The SMILES string of the molecule is [C-]#[N+]c1ccc(N(c2ccc(C(C)C)cc2)c2ccc3c4c(cc(C(C)C)c3c2)-c2cc(C(C)C)c3cc(N(c5ccc(C#N)cc5)c5ccc(C(C)C)cc5)ccc3c2C42c3ccccc3-c3ccccc32)cc1. The molecule has 4 heteroatoms. The van der Waals surface area contributed by atoms with E-state index in [1.807, 2.05) is 24.3 Å². The average molecular weight is 969 g/mol. The van der Waals surface area contributed by atoms with Gasteiger partial charge < -0.3 is 9.80 Å². The molecule has 12 rings (SSSR count). The first-order chi connectivity index (χ1) is 36.4. The van der Waals surface area contributed by atoms with Crippen LogP contribution in [0, 0.1) is 17.9 Å². The van der Waals surface area contributed by atoms with E-state index in [1.54, 1.807) is 0 Å². The summed E-state index contributed by atoms with van der Waals surface area (Å²) in [5, 5.41) is 14.8. The minimum absolute atomic E-state index is 0.224. The Hall–Kier alpha value is -8.70. The van der Waals surface area contributed by atoms with Crippen LogP contribution in [0.1, 0.15) is 129 Å². The molecule has 0 aliphatic heterocycles. The van der Waals surface area contributed by atoms with Crippen molar-refractivity contribution in [2.75, 3.05) is 9.80 Å². The number of anilines is 6. The normalized spacial score (nSPS) is 12.8. The molecule has 2 aliphatic rings. The highest BCUT2D eigenvalue weighted by atomic mass is 15.1. The number of nitrogens with zero attached hydrogens (tertiary/aromatic N) is 4. The topological polar surface area (TPSA) is 34.6 Å². The van der Waals surface area contributed by atoms with Crippen molar-refractivity contribution in [1.82, 2.24) is 0 Å². The lowest BCUT2D eigenvalue weighted by Gasteiger charge is -2.34. The molecule has 75 heavy (non-hydrogen) atoms. The fourth-order valence-corrected chi connectivity index (χ4v) is 12.5. The van der Waals surface area contributed by atoms with E-state index in [0.717, 1.165) is 34.1 Å². The van der Waals surface area contributed by atoms with Crippen LogP contribution in [0.3, 0.4) is 0 Å². The quantitative estimate of drug-likeness (QED) is 0.128. The maximum absolute atomic E-state index is 9.82. The predicted octanol–water partition coefficient (Wildman–Crippen LogP) is 20.2. The van der Waals surface area contributed by atoms with E-state index in [1.165, 1.54) is 88.3 Å². The van der Waals surface area contributed by atoms with E-state index in [2.05, 4.69) is 246 Å². The molecule has 364 valence electrons. The highest BCUT2D eigenvalue weighted by Gasteiger charge is 2.54. The van der Waals surface area contributed by atoms with Crippen molar-refractivity contribution in [2.24, 2.45) is 0 Å². The van der Waals surface area contributed by atoms with E-state index in [4.69, 9.17) is 6.57 Å². The van der Waals surface area contributed by atoms with Gasteiger partial charge in [0.15, 0.2) is 5.69 Å². The Kier molecular flexibility index (Phi) is 11.6. The minimum Gasteiger partial charge on any atom is -0.311 e. The Labute approximate surface area is 442 Å². The number of rotatable bonds is 10. The van der Waals surface area contributed by atoms with Crippen LogP contribution in [-0.4, -0.2) is 0 Å². The summed E-state index contributed by atoms with van der Waals surface area (Å²) in [7, 11) is 0. The largest absolute Gasteiger partial charge is 0.311 e. The molecule has 0 saturated carbocycles. The molecule has 2 aliphatic carbocycles. The van der Waals surface area contributed by atoms with E-state index in [-0.39, 0.29) is 11.8 Å². The van der Waals surface area contributed by atoms with Gasteiger partial charge in [-0.25, -0.2) is 4.85 Å². The van der Waals surface area contributed by atoms with Crippen molar-refractivity contribution < 1.29 is 0 Å². The Bertz CT molecular complexity index is 3690.